The second kappa shape index (κ2) is 8.78. The van der Waals surface area contributed by atoms with Crippen molar-refractivity contribution in [2.75, 3.05) is 11.4 Å². The number of fused-ring (bicyclic) bond motifs is 1. The van der Waals surface area contributed by atoms with Crippen molar-refractivity contribution in [3.8, 4) is 0 Å². The van der Waals surface area contributed by atoms with Crippen LogP contribution in [0.2, 0.25) is 0 Å². The summed E-state index contributed by atoms with van der Waals surface area (Å²) in [5.41, 5.74) is 7.19. The highest BCUT2D eigenvalue weighted by molar-refractivity contribution is 8.18. The van der Waals surface area contributed by atoms with E-state index >= 15 is 0 Å². The normalized spacial score (nSPS) is 22.4. The Balaban J connectivity index is 1.66. The van der Waals surface area contributed by atoms with Crippen LogP contribution in [0.5, 0.6) is 0 Å². The van der Waals surface area contributed by atoms with Gasteiger partial charge in [0.25, 0.3) is 5.91 Å². The fraction of sp³-hybridized carbons (Fsp3) is 0.407. The molecule has 0 aliphatic carbocycles. The third-order valence-electron chi connectivity index (χ3n) is 6.39. The Morgan fingerprint density at radius 1 is 1.25 bits per heavy atom. The van der Waals surface area contributed by atoms with Gasteiger partial charge in [-0.2, -0.15) is 0 Å². The molecule has 2 heterocycles. The molecule has 2 aromatic rings. The van der Waals surface area contributed by atoms with Crippen molar-refractivity contribution >= 4 is 40.3 Å². The van der Waals surface area contributed by atoms with Gasteiger partial charge in [-0.1, -0.05) is 26.0 Å². The van der Waals surface area contributed by atoms with Gasteiger partial charge in [0, 0.05) is 17.8 Å². The molecule has 1 saturated heterocycles. The molecule has 2 aliphatic heterocycles. The van der Waals surface area contributed by atoms with Gasteiger partial charge in [-0.3, -0.25) is 4.79 Å². The quantitative estimate of drug-likeness (QED) is 0.531. The van der Waals surface area contributed by atoms with Crippen molar-refractivity contribution in [1.29, 1.82) is 0 Å². The van der Waals surface area contributed by atoms with E-state index in [1.165, 1.54) is 28.6 Å². The third-order valence-corrected chi connectivity index (χ3v) is 7.30. The number of aryl methyl sites for hydroxylation is 2. The number of amidine groups is 1. The standard InChI is InChI=1S/C27H33N3OS/c1-7-11-30-23-13-18(3)20(14-22(23)19(4)16-27(30,5)6)15-24-25(31)29-26(32-24)28-21-10-8-9-17(2)12-21/h8-10,12-15,19H,7,11,16H2,1-6H3,(H,28,29,31)/b24-15+. The van der Waals surface area contributed by atoms with Gasteiger partial charge in [0.1, 0.15) is 0 Å². The second-order valence-electron chi connectivity index (χ2n) is 9.66. The predicted molar refractivity (Wildman–Crippen MR) is 138 cm³/mol. The SMILES string of the molecule is CCCN1c2cc(C)c(/C=C3/SC(=Nc4cccc(C)c4)NC3=O)cc2C(C)CC1(C)C. The fourth-order valence-corrected chi connectivity index (χ4v) is 5.72. The molecular formula is C27H33N3OS. The van der Waals surface area contributed by atoms with Crippen LogP contribution in [-0.4, -0.2) is 23.2 Å². The van der Waals surface area contributed by atoms with E-state index in [4.69, 9.17) is 0 Å². The van der Waals surface area contributed by atoms with E-state index in [0.717, 1.165) is 36.2 Å². The smallest absolute Gasteiger partial charge is 0.264 e. The predicted octanol–water partition coefficient (Wildman–Crippen LogP) is 6.70. The van der Waals surface area contributed by atoms with Crippen molar-refractivity contribution in [2.24, 2.45) is 4.99 Å². The Morgan fingerprint density at radius 2 is 2.03 bits per heavy atom. The van der Waals surface area contributed by atoms with Gasteiger partial charge in [-0.15, -0.1) is 0 Å². The Labute approximate surface area is 196 Å². The van der Waals surface area contributed by atoms with E-state index in [2.05, 4.69) is 62.0 Å². The lowest BCUT2D eigenvalue weighted by atomic mass is 9.79. The van der Waals surface area contributed by atoms with Crippen LogP contribution in [0.25, 0.3) is 6.08 Å². The second-order valence-corrected chi connectivity index (χ2v) is 10.7. The van der Waals surface area contributed by atoms with Gasteiger partial charge < -0.3 is 10.2 Å². The summed E-state index contributed by atoms with van der Waals surface area (Å²) >= 11 is 1.41. The van der Waals surface area contributed by atoms with Crippen molar-refractivity contribution in [1.82, 2.24) is 5.32 Å². The minimum absolute atomic E-state index is 0.0830. The molecule has 0 aromatic heterocycles. The van der Waals surface area contributed by atoms with E-state index in [1.807, 2.05) is 37.3 Å². The molecule has 0 bridgehead atoms. The van der Waals surface area contributed by atoms with Crippen LogP contribution < -0.4 is 10.2 Å². The van der Waals surface area contributed by atoms with Crippen molar-refractivity contribution in [2.45, 2.75) is 65.8 Å². The molecular weight excluding hydrogens is 414 g/mol. The van der Waals surface area contributed by atoms with Gasteiger partial charge in [-0.05, 0) is 111 Å². The Bertz CT molecular complexity index is 1120. The van der Waals surface area contributed by atoms with E-state index < -0.39 is 0 Å². The summed E-state index contributed by atoms with van der Waals surface area (Å²) in [4.78, 5) is 20.5. The van der Waals surface area contributed by atoms with Crippen LogP contribution in [0.3, 0.4) is 0 Å². The fourth-order valence-electron chi connectivity index (χ4n) is 4.89. The highest BCUT2D eigenvalue weighted by Gasteiger charge is 2.36. The van der Waals surface area contributed by atoms with E-state index in [0.29, 0.717) is 16.0 Å². The first-order valence-electron chi connectivity index (χ1n) is 11.5. The van der Waals surface area contributed by atoms with Gasteiger partial charge in [0.15, 0.2) is 5.17 Å². The molecule has 1 unspecified atom stereocenters. The van der Waals surface area contributed by atoms with Crippen molar-refractivity contribution in [3.63, 3.8) is 0 Å². The zero-order chi connectivity index (χ0) is 23.0. The first kappa shape index (κ1) is 22.7. The number of hydrogen-bond acceptors (Lipinski definition) is 4. The first-order valence-corrected chi connectivity index (χ1v) is 12.3. The number of hydrogen-bond donors (Lipinski definition) is 1. The number of aliphatic imine (C=N–C) groups is 1. The molecule has 1 amide bonds. The van der Waals surface area contributed by atoms with Crippen LogP contribution in [0.15, 0.2) is 46.3 Å². The van der Waals surface area contributed by atoms with Crippen LogP contribution in [0, 0.1) is 13.8 Å². The van der Waals surface area contributed by atoms with Crippen LogP contribution in [0.1, 0.15) is 68.7 Å². The molecule has 1 N–H and O–H groups in total. The summed E-state index contributed by atoms with van der Waals surface area (Å²) in [7, 11) is 0. The van der Waals surface area contributed by atoms with E-state index in [1.54, 1.807) is 0 Å². The molecule has 1 fully saturated rings. The van der Waals surface area contributed by atoms with Crippen LogP contribution >= 0.6 is 11.8 Å². The van der Waals surface area contributed by atoms with E-state index in [9.17, 15) is 4.79 Å². The Kier molecular flexibility index (Phi) is 6.22. The maximum atomic E-state index is 12.6. The number of nitrogens with zero attached hydrogens (tertiary/aromatic N) is 2. The first-order chi connectivity index (χ1) is 15.2. The number of carbonyl (C=O) groups is 1. The number of thioether (sulfide) groups is 1. The number of carbonyl (C=O) groups excluding carboxylic acids is 1. The molecule has 0 saturated carbocycles. The molecule has 0 radical (unpaired) electrons. The lowest BCUT2D eigenvalue weighted by Crippen LogP contribution is -2.48. The lowest BCUT2D eigenvalue weighted by Gasteiger charge is -2.48. The molecule has 32 heavy (non-hydrogen) atoms. The number of benzene rings is 2. The minimum Gasteiger partial charge on any atom is -0.366 e. The Hall–Kier alpha value is -2.53. The molecule has 4 nitrogen and oxygen atoms in total. The monoisotopic (exact) mass is 447 g/mol. The molecule has 2 aliphatic rings. The Morgan fingerprint density at radius 3 is 2.75 bits per heavy atom. The molecule has 5 heteroatoms. The van der Waals surface area contributed by atoms with Gasteiger partial charge in [0.2, 0.25) is 0 Å². The van der Waals surface area contributed by atoms with Crippen molar-refractivity contribution < 1.29 is 4.79 Å². The van der Waals surface area contributed by atoms with Crippen LogP contribution in [-0.2, 0) is 4.79 Å². The van der Waals surface area contributed by atoms with Gasteiger partial charge >= 0.3 is 0 Å². The maximum Gasteiger partial charge on any atom is 0.264 e. The topological polar surface area (TPSA) is 44.7 Å². The van der Waals surface area contributed by atoms with Crippen LogP contribution in [0.4, 0.5) is 11.4 Å². The van der Waals surface area contributed by atoms with Gasteiger partial charge in [0.05, 0.1) is 10.6 Å². The van der Waals surface area contributed by atoms with E-state index in [-0.39, 0.29) is 11.4 Å². The minimum atomic E-state index is -0.0830. The lowest BCUT2D eigenvalue weighted by molar-refractivity contribution is -0.115. The maximum absolute atomic E-state index is 12.6. The average Bonchev–Trinajstić information content (AvgIpc) is 3.04. The molecule has 0 spiro atoms. The molecule has 4 rings (SSSR count). The average molecular weight is 448 g/mol. The molecule has 168 valence electrons. The molecule has 1 atom stereocenters. The summed E-state index contributed by atoms with van der Waals surface area (Å²) in [6.45, 7) is 14.5. The number of amides is 1. The zero-order valence-corrected chi connectivity index (χ0v) is 20.8. The summed E-state index contributed by atoms with van der Waals surface area (Å²) in [6, 6.07) is 12.6. The number of anilines is 1. The number of rotatable bonds is 4. The summed E-state index contributed by atoms with van der Waals surface area (Å²) in [5, 5.41) is 3.55. The van der Waals surface area contributed by atoms with Gasteiger partial charge in [-0.25, -0.2) is 4.99 Å². The largest absolute Gasteiger partial charge is 0.366 e. The summed E-state index contributed by atoms with van der Waals surface area (Å²) in [6.07, 6.45) is 4.27. The van der Waals surface area contributed by atoms with Crippen molar-refractivity contribution in [3.05, 3.63) is 63.6 Å². The summed E-state index contributed by atoms with van der Waals surface area (Å²) in [5.74, 6) is 0.398. The highest BCUT2D eigenvalue weighted by atomic mass is 32.2. The number of nitrogens with one attached hydrogen (secondary N) is 1. The third kappa shape index (κ3) is 4.49. The summed E-state index contributed by atoms with van der Waals surface area (Å²) < 4.78 is 0. The zero-order valence-electron chi connectivity index (χ0n) is 20.0. The molecule has 2 aromatic carbocycles. The highest BCUT2D eigenvalue weighted by Crippen LogP contribution is 2.45.